The smallest absolute Gasteiger partial charge is 0.0992 e. The summed E-state index contributed by atoms with van der Waals surface area (Å²) < 4.78 is 0. The fourth-order valence-electron chi connectivity index (χ4n) is 1.44. The second-order valence-electron chi connectivity index (χ2n) is 3.52. The van der Waals surface area contributed by atoms with Crippen molar-refractivity contribution in [2.75, 3.05) is 11.1 Å². The van der Waals surface area contributed by atoms with Gasteiger partial charge in [-0.2, -0.15) is 5.26 Å². The lowest BCUT2D eigenvalue weighted by Gasteiger charge is -2.10. The van der Waals surface area contributed by atoms with Crippen molar-refractivity contribution in [2.24, 2.45) is 0 Å². The van der Waals surface area contributed by atoms with Crippen molar-refractivity contribution in [1.29, 1.82) is 5.26 Å². The van der Waals surface area contributed by atoms with E-state index in [9.17, 15) is 0 Å². The molecular weight excluding hydrogens is 234 g/mol. The molecular formula is C13H10ClN3. The van der Waals surface area contributed by atoms with Crippen LogP contribution in [0.25, 0.3) is 0 Å². The zero-order chi connectivity index (χ0) is 12.3. The van der Waals surface area contributed by atoms with Gasteiger partial charge in [0.05, 0.1) is 33.7 Å². The highest BCUT2D eigenvalue weighted by Crippen LogP contribution is 2.28. The van der Waals surface area contributed by atoms with Crippen LogP contribution in [0.3, 0.4) is 0 Å². The molecule has 2 rings (SSSR count). The maximum atomic E-state index is 8.74. The van der Waals surface area contributed by atoms with Gasteiger partial charge in [-0.25, -0.2) is 0 Å². The normalized spacial score (nSPS) is 9.65. The number of nitrogens with one attached hydrogen (secondary N) is 1. The molecule has 0 radical (unpaired) electrons. The molecule has 2 aromatic rings. The van der Waals surface area contributed by atoms with Gasteiger partial charge in [0, 0.05) is 0 Å². The Morgan fingerprint density at radius 3 is 2.53 bits per heavy atom. The lowest BCUT2D eigenvalue weighted by molar-refractivity contribution is 1.47. The van der Waals surface area contributed by atoms with E-state index in [2.05, 4.69) is 5.32 Å². The Morgan fingerprint density at radius 2 is 1.88 bits per heavy atom. The van der Waals surface area contributed by atoms with Gasteiger partial charge in [0.15, 0.2) is 0 Å². The third kappa shape index (κ3) is 2.49. The molecule has 3 N–H and O–H groups in total. The summed E-state index contributed by atoms with van der Waals surface area (Å²) in [4.78, 5) is 0. The molecule has 0 spiro atoms. The minimum Gasteiger partial charge on any atom is -0.397 e. The van der Waals surface area contributed by atoms with E-state index in [1.165, 1.54) is 0 Å². The molecule has 0 aliphatic carbocycles. The first-order valence-electron chi connectivity index (χ1n) is 5.02. The molecule has 0 atom stereocenters. The number of anilines is 3. The van der Waals surface area contributed by atoms with Crippen LogP contribution < -0.4 is 11.1 Å². The predicted molar refractivity (Wildman–Crippen MR) is 70.3 cm³/mol. The Kier molecular flexibility index (Phi) is 3.17. The molecule has 4 heteroatoms. The topological polar surface area (TPSA) is 61.8 Å². The van der Waals surface area contributed by atoms with Crippen LogP contribution in [0.1, 0.15) is 5.56 Å². The van der Waals surface area contributed by atoms with E-state index in [1.54, 1.807) is 24.3 Å². The molecule has 17 heavy (non-hydrogen) atoms. The highest BCUT2D eigenvalue weighted by atomic mass is 35.5. The number of nitrogen functional groups attached to an aromatic ring is 1. The van der Waals surface area contributed by atoms with Gasteiger partial charge in [-0.05, 0) is 30.3 Å². The zero-order valence-electron chi connectivity index (χ0n) is 8.94. The first kappa shape index (κ1) is 11.3. The van der Waals surface area contributed by atoms with Gasteiger partial charge in [0.1, 0.15) is 0 Å². The number of rotatable bonds is 2. The fourth-order valence-corrected chi connectivity index (χ4v) is 1.67. The van der Waals surface area contributed by atoms with Gasteiger partial charge < -0.3 is 11.1 Å². The molecule has 0 aliphatic rings. The molecule has 0 saturated carbocycles. The van der Waals surface area contributed by atoms with Crippen molar-refractivity contribution in [3.05, 3.63) is 53.1 Å². The molecule has 3 nitrogen and oxygen atoms in total. The molecule has 0 bridgehead atoms. The maximum absolute atomic E-state index is 8.74. The van der Waals surface area contributed by atoms with Gasteiger partial charge in [0.2, 0.25) is 0 Å². The van der Waals surface area contributed by atoms with E-state index in [0.29, 0.717) is 16.3 Å². The standard InChI is InChI=1S/C13H10ClN3/c14-10-7-9(8-15)5-6-12(10)17-13-4-2-1-3-11(13)16/h1-7,17H,16H2. The van der Waals surface area contributed by atoms with Crippen molar-refractivity contribution >= 4 is 28.7 Å². The monoisotopic (exact) mass is 243 g/mol. The van der Waals surface area contributed by atoms with Crippen LogP contribution in [0.2, 0.25) is 5.02 Å². The van der Waals surface area contributed by atoms with Crippen LogP contribution in [0.15, 0.2) is 42.5 Å². The average Bonchev–Trinajstić information content (AvgIpc) is 2.34. The number of hydrogen-bond acceptors (Lipinski definition) is 3. The van der Waals surface area contributed by atoms with E-state index in [-0.39, 0.29) is 0 Å². The summed E-state index contributed by atoms with van der Waals surface area (Å²) in [6, 6.07) is 14.5. The second kappa shape index (κ2) is 4.77. The lowest BCUT2D eigenvalue weighted by atomic mass is 10.2. The van der Waals surface area contributed by atoms with Crippen LogP contribution in [-0.2, 0) is 0 Å². The number of nitrogens with zero attached hydrogens (tertiary/aromatic N) is 1. The van der Waals surface area contributed by atoms with Gasteiger partial charge >= 0.3 is 0 Å². The molecule has 0 aromatic heterocycles. The average molecular weight is 244 g/mol. The van der Waals surface area contributed by atoms with Crippen molar-refractivity contribution in [3.8, 4) is 6.07 Å². The Labute approximate surface area is 104 Å². The number of para-hydroxylation sites is 2. The Morgan fingerprint density at radius 1 is 1.12 bits per heavy atom. The van der Waals surface area contributed by atoms with E-state index in [1.807, 2.05) is 24.3 Å². The number of halogens is 1. The van der Waals surface area contributed by atoms with Gasteiger partial charge in [-0.1, -0.05) is 23.7 Å². The Bertz CT molecular complexity index is 587. The summed E-state index contributed by atoms with van der Waals surface area (Å²) in [6.07, 6.45) is 0. The van der Waals surface area contributed by atoms with Gasteiger partial charge in [-0.15, -0.1) is 0 Å². The number of hydrogen-bond donors (Lipinski definition) is 2. The molecule has 0 amide bonds. The van der Waals surface area contributed by atoms with E-state index < -0.39 is 0 Å². The first-order valence-corrected chi connectivity index (χ1v) is 5.39. The summed E-state index contributed by atoms with van der Waals surface area (Å²) in [5.41, 5.74) is 8.51. The van der Waals surface area contributed by atoms with Gasteiger partial charge in [0.25, 0.3) is 0 Å². The molecule has 84 valence electrons. The third-order valence-corrected chi connectivity index (χ3v) is 2.64. The maximum Gasteiger partial charge on any atom is 0.0992 e. The summed E-state index contributed by atoms with van der Waals surface area (Å²) in [7, 11) is 0. The summed E-state index contributed by atoms with van der Waals surface area (Å²) in [6.45, 7) is 0. The van der Waals surface area contributed by atoms with Crippen molar-refractivity contribution in [3.63, 3.8) is 0 Å². The highest BCUT2D eigenvalue weighted by molar-refractivity contribution is 6.33. The summed E-state index contributed by atoms with van der Waals surface area (Å²) in [5.74, 6) is 0. The van der Waals surface area contributed by atoms with Crippen LogP contribution >= 0.6 is 11.6 Å². The summed E-state index contributed by atoms with van der Waals surface area (Å²) >= 11 is 6.06. The Hall–Kier alpha value is -2.18. The van der Waals surface area contributed by atoms with Crippen LogP contribution in [0.5, 0.6) is 0 Å². The Balaban J connectivity index is 2.32. The molecule has 2 aromatic carbocycles. The van der Waals surface area contributed by atoms with Crippen molar-refractivity contribution in [2.45, 2.75) is 0 Å². The van der Waals surface area contributed by atoms with Crippen molar-refractivity contribution in [1.82, 2.24) is 0 Å². The number of benzene rings is 2. The van der Waals surface area contributed by atoms with Crippen LogP contribution in [-0.4, -0.2) is 0 Å². The zero-order valence-corrected chi connectivity index (χ0v) is 9.70. The van der Waals surface area contributed by atoms with E-state index >= 15 is 0 Å². The van der Waals surface area contributed by atoms with Crippen LogP contribution in [0.4, 0.5) is 17.1 Å². The minimum atomic E-state index is 0.493. The second-order valence-corrected chi connectivity index (χ2v) is 3.93. The largest absolute Gasteiger partial charge is 0.397 e. The molecule has 0 heterocycles. The SMILES string of the molecule is N#Cc1ccc(Nc2ccccc2N)c(Cl)c1. The fraction of sp³-hybridized carbons (Fsp3) is 0. The highest BCUT2D eigenvalue weighted by Gasteiger charge is 2.03. The quantitative estimate of drug-likeness (QED) is 0.793. The summed E-state index contributed by atoms with van der Waals surface area (Å²) in [5, 5.41) is 12.4. The number of nitrogens with two attached hydrogens (primary N) is 1. The van der Waals surface area contributed by atoms with Crippen molar-refractivity contribution < 1.29 is 0 Å². The lowest BCUT2D eigenvalue weighted by Crippen LogP contribution is -1.96. The van der Waals surface area contributed by atoms with Gasteiger partial charge in [-0.3, -0.25) is 0 Å². The third-order valence-electron chi connectivity index (χ3n) is 2.33. The van der Waals surface area contributed by atoms with E-state index in [0.717, 1.165) is 11.4 Å². The van der Waals surface area contributed by atoms with Crippen LogP contribution in [0, 0.1) is 11.3 Å². The minimum absolute atomic E-state index is 0.493. The number of nitriles is 1. The van der Waals surface area contributed by atoms with E-state index in [4.69, 9.17) is 22.6 Å². The molecule has 0 unspecified atom stereocenters. The molecule has 0 saturated heterocycles. The predicted octanol–water partition coefficient (Wildman–Crippen LogP) is 3.54. The first-order chi connectivity index (χ1) is 8.20. The molecule has 0 aliphatic heterocycles. The molecule has 0 fully saturated rings.